The number of anilines is 1. The fourth-order valence-electron chi connectivity index (χ4n) is 4.72. The van der Waals surface area contributed by atoms with E-state index < -0.39 is 4.92 Å². The molecule has 5 heteroatoms. The zero-order valence-electron chi connectivity index (χ0n) is 13.3. The number of nitrogens with zero attached hydrogens (tertiary/aromatic N) is 3. The van der Waals surface area contributed by atoms with Crippen LogP contribution in [0.4, 0.5) is 11.4 Å². The van der Waals surface area contributed by atoms with Crippen LogP contribution in [0, 0.1) is 32.3 Å². The first-order chi connectivity index (χ1) is 10.2. The van der Waals surface area contributed by atoms with Crippen molar-refractivity contribution in [3.63, 3.8) is 0 Å². The van der Waals surface area contributed by atoms with Crippen LogP contribution in [0.25, 0.3) is 0 Å². The summed E-state index contributed by atoms with van der Waals surface area (Å²) in [5.41, 5.74) is 1.80. The topological polar surface area (TPSA) is 70.2 Å². The third-order valence-corrected chi connectivity index (χ3v) is 5.04. The number of benzene rings is 1. The Kier molecular flexibility index (Phi) is 3.17. The molecule has 1 saturated carbocycles. The molecule has 1 heterocycles. The molecule has 1 saturated heterocycles. The van der Waals surface area contributed by atoms with Crippen molar-refractivity contribution in [1.29, 1.82) is 5.26 Å². The highest BCUT2D eigenvalue weighted by molar-refractivity contribution is 5.64. The van der Waals surface area contributed by atoms with Gasteiger partial charge in [0.15, 0.2) is 0 Å². The first-order valence-electron chi connectivity index (χ1n) is 7.68. The van der Waals surface area contributed by atoms with Gasteiger partial charge in [-0.2, -0.15) is 5.26 Å². The van der Waals surface area contributed by atoms with Gasteiger partial charge in [-0.15, -0.1) is 0 Å². The standard InChI is InChI=1S/C17H21N3O2/c1-16(2)7-14-8-17(3,10-16)11-19(14)15-5-4-13(20(21)22)6-12(15)9-18/h4-6,14H,7-8,10-11H2,1-3H3/t14-,17-/m1/s1. The Morgan fingerprint density at radius 2 is 2.09 bits per heavy atom. The summed E-state index contributed by atoms with van der Waals surface area (Å²) >= 11 is 0. The van der Waals surface area contributed by atoms with Crippen molar-refractivity contribution < 1.29 is 4.92 Å². The molecular formula is C17H21N3O2. The molecule has 2 atom stereocenters. The lowest BCUT2D eigenvalue weighted by Gasteiger charge is -2.39. The number of nitriles is 1. The first-order valence-corrected chi connectivity index (χ1v) is 7.68. The van der Waals surface area contributed by atoms with Crippen LogP contribution < -0.4 is 4.90 Å². The Morgan fingerprint density at radius 3 is 2.73 bits per heavy atom. The maximum absolute atomic E-state index is 10.9. The predicted octanol–water partition coefficient (Wildman–Crippen LogP) is 3.87. The van der Waals surface area contributed by atoms with Crippen molar-refractivity contribution in [3.05, 3.63) is 33.9 Å². The lowest BCUT2D eigenvalue weighted by atomic mass is 9.65. The molecule has 1 aromatic carbocycles. The van der Waals surface area contributed by atoms with Crippen LogP contribution in [-0.4, -0.2) is 17.5 Å². The van der Waals surface area contributed by atoms with E-state index in [1.54, 1.807) is 6.07 Å². The minimum atomic E-state index is -0.447. The zero-order valence-corrected chi connectivity index (χ0v) is 13.3. The van der Waals surface area contributed by atoms with E-state index >= 15 is 0 Å². The van der Waals surface area contributed by atoms with Gasteiger partial charge in [0, 0.05) is 24.7 Å². The van der Waals surface area contributed by atoms with E-state index in [0.717, 1.165) is 25.1 Å². The number of fused-ring (bicyclic) bond motifs is 2. The largest absolute Gasteiger partial charge is 0.367 e. The van der Waals surface area contributed by atoms with E-state index in [9.17, 15) is 15.4 Å². The van der Waals surface area contributed by atoms with Gasteiger partial charge in [0.1, 0.15) is 6.07 Å². The molecule has 2 aliphatic rings. The van der Waals surface area contributed by atoms with Crippen LogP contribution in [0.1, 0.15) is 45.6 Å². The van der Waals surface area contributed by atoms with Gasteiger partial charge in [-0.05, 0) is 36.2 Å². The minimum Gasteiger partial charge on any atom is -0.367 e. The van der Waals surface area contributed by atoms with Crippen molar-refractivity contribution in [2.45, 2.75) is 46.1 Å². The van der Waals surface area contributed by atoms with Gasteiger partial charge in [-0.1, -0.05) is 20.8 Å². The van der Waals surface area contributed by atoms with Crippen molar-refractivity contribution >= 4 is 11.4 Å². The van der Waals surface area contributed by atoms with Crippen LogP contribution >= 0.6 is 0 Å². The third-order valence-electron chi connectivity index (χ3n) is 5.04. The molecule has 1 aliphatic carbocycles. The molecule has 0 aromatic heterocycles. The first kappa shape index (κ1) is 14.8. The second-order valence-electron chi connectivity index (χ2n) is 7.91. The summed E-state index contributed by atoms with van der Waals surface area (Å²) in [6.07, 6.45) is 3.42. The number of rotatable bonds is 2. The van der Waals surface area contributed by atoms with E-state index in [1.807, 2.05) is 0 Å². The molecule has 2 fully saturated rings. The number of non-ortho nitro benzene ring substituents is 1. The summed E-state index contributed by atoms with van der Waals surface area (Å²) in [5, 5.41) is 20.3. The Hall–Kier alpha value is -2.09. The predicted molar refractivity (Wildman–Crippen MR) is 84.7 cm³/mol. The average Bonchev–Trinajstić information content (AvgIpc) is 2.67. The Bertz CT molecular complexity index is 677. The van der Waals surface area contributed by atoms with Crippen LogP contribution in [0.2, 0.25) is 0 Å². The summed E-state index contributed by atoms with van der Waals surface area (Å²) in [7, 11) is 0. The van der Waals surface area contributed by atoms with Gasteiger partial charge in [-0.3, -0.25) is 10.1 Å². The second-order valence-corrected chi connectivity index (χ2v) is 7.91. The van der Waals surface area contributed by atoms with Crippen molar-refractivity contribution in [2.24, 2.45) is 10.8 Å². The minimum absolute atomic E-state index is 0.0194. The fraction of sp³-hybridized carbons (Fsp3) is 0.588. The molecular weight excluding hydrogens is 278 g/mol. The number of nitro benzene ring substituents is 1. The SMILES string of the molecule is CC1(C)C[C@@H]2C[C@@](C)(CN2c2ccc([N+](=O)[O-])cc2C#N)C1. The molecule has 1 aliphatic heterocycles. The van der Waals surface area contributed by atoms with Crippen LogP contribution in [0.15, 0.2) is 18.2 Å². The molecule has 116 valence electrons. The average molecular weight is 299 g/mol. The highest BCUT2D eigenvalue weighted by Gasteiger charge is 2.49. The van der Waals surface area contributed by atoms with Crippen LogP contribution in [0.5, 0.6) is 0 Å². The molecule has 22 heavy (non-hydrogen) atoms. The molecule has 0 N–H and O–H groups in total. The van der Waals surface area contributed by atoms with E-state index in [4.69, 9.17) is 0 Å². The van der Waals surface area contributed by atoms with Gasteiger partial charge in [-0.25, -0.2) is 0 Å². The fourth-order valence-corrected chi connectivity index (χ4v) is 4.72. The normalized spacial score (nSPS) is 29.2. The Balaban J connectivity index is 1.99. The summed E-state index contributed by atoms with van der Waals surface area (Å²) < 4.78 is 0. The summed E-state index contributed by atoms with van der Waals surface area (Å²) in [5.74, 6) is 0. The monoisotopic (exact) mass is 299 g/mol. The lowest BCUT2D eigenvalue weighted by Crippen LogP contribution is -2.34. The van der Waals surface area contributed by atoms with Gasteiger partial charge in [0.25, 0.3) is 5.69 Å². The zero-order chi connectivity index (χ0) is 16.1. The highest BCUT2D eigenvalue weighted by atomic mass is 16.6. The van der Waals surface area contributed by atoms with Crippen molar-refractivity contribution in [3.8, 4) is 6.07 Å². The number of hydrogen-bond acceptors (Lipinski definition) is 4. The number of hydrogen-bond donors (Lipinski definition) is 0. The van der Waals surface area contributed by atoms with Gasteiger partial charge < -0.3 is 4.90 Å². The molecule has 0 unspecified atom stereocenters. The second kappa shape index (κ2) is 4.70. The Labute approximate surface area is 130 Å². The van der Waals surface area contributed by atoms with E-state index in [0.29, 0.717) is 17.0 Å². The van der Waals surface area contributed by atoms with Gasteiger partial charge in [0.2, 0.25) is 0 Å². The van der Waals surface area contributed by atoms with E-state index in [2.05, 4.69) is 31.7 Å². The maximum atomic E-state index is 10.9. The molecule has 0 amide bonds. The van der Waals surface area contributed by atoms with E-state index in [1.165, 1.54) is 18.6 Å². The molecule has 0 radical (unpaired) electrons. The summed E-state index contributed by atoms with van der Waals surface area (Å²) in [4.78, 5) is 12.8. The maximum Gasteiger partial charge on any atom is 0.270 e. The van der Waals surface area contributed by atoms with Crippen LogP contribution in [-0.2, 0) is 0 Å². The number of nitro groups is 1. The third kappa shape index (κ3) is 2.43. The lowest BCUT2D eigenvalue weighted by molar-refractivity contribution is -0.384. The Morgan fingerprint density at radius 1 is 1.36 bits per heavy atom. The molecule has 0 spiro atoms. The molecule has 5 nitrogen and oxygen atoms in total. The van der Waals surface area contributed by atoms with Gasteiger partial charge in [0.05, 0.1) is 16.2 Å². The van der Waals surface area contributed by atoms with Gasteiger partial charge >= 0.3 is 0 Å². The molecule has 3 rings (SSSR count). The van der Waals surface area contributed by atoms with Crippen molar-refractivity contribution in [1.82, 2.24) is 0 Å². The molecule has 2 bridgehead atoms. The smallest absolute Gasteiger partial charge is 0.270 e. The quantitative estimate of drug-likeness (QED) is 0.614. The van der Waals surface area contributed by atoms with Crippen molar-refractivity contribution in [2.75, 3.05) is 11.4 Å². The highest BCUT2D eigenvalue weighted by Crippen LogP contribution is 2.53. The summed E-state index contributed by atoms with van der Waals surface area (Å²) in [6.45, 7) is 7.86. The van der Waals surface area contributed by atoms with E-state index in [-0.39, 0.29) is 11.1 Å². The molecule has 1 aromatic rings. The van der Waals surface area contributed by atoms with Crippen LogP contribution in [0.3, 0.4) is 0 Å². The summed E-state index contributed by atoms with van der Waals surface area (Å²) in [6, 6.07) is 7.20.